The molecule has 3 heterocycles. The molecule has 0 spiro atoms. The van der Waals surface area contributed by atoms with Crippen LogP contribution in [0.4, 0.5) is 0 Å². The van der Waals surface area contributed by atoms with Gasteiger partial charge in [-0.2, -0.15) is 5.10 Å². The summed E-state index contributed by atoms with van der Waals surface area (Å²) in [6.45, 7) is 7.43. The molecule has 1 amide bonds. The molecule has 30 heavy (non-hydrogen) atoms. The van der Waals surface area contributed by atoms with Crippen molar-refractivity contribution >= 4 is 16.9 Å². The number of ether oxygens (including phenoxy) is 1. The zero-order valence-corrected chi connectivity index (χ0v) is 17.5. The molecule has 0 radical (unpaired) electrons. The zero-order valence-electron chi connectivity index (χ0n) is 17.5. The number of carbonyl (C=O) groups is 1. The second-order valence-electron chi connectivity index (χ2n) is 8.29. The van der Waals surface area contributed by atoms with Crippen molar-refractivity contribution in [3.8, 4) is 5.75 Å². The van der Waals surface area contributed by atoms with Crippen LogP contribution in [-0.4, -0.2) is 33.2 Å². The highest BCUT2D eigenvalue weighted by atomic mass is 16.5. The van der Waals surface area contributed by atoms with Crippen LogP contribution in [0.3, 0.4) is 0 Å². The summed E-state index contributed by atoms with van der Waals surface area (Å²) in [5, 5.41) is 5.42. The highest BCUT2D eigenvalue weighted by Crippen LogP contribution is 2.33. The van der Waals surface area contributed by atoms with Crippen LogP contribution in [0.2, 0.25) is 0 Å². The van der Waals surface area contributed by atoms with Gasteiger partial charge in [0.05, 0.1) is 24.5 Å². The fraction of sp³-hybridized carbons (Fsp3) is 0.435. The van der Waals surface area contributed by atoms with Crippen molar-refractivity contribution in [3.05, 3.63) is 56.7 Å². The number of aromatic nitrogens is 2. The highest BCUT2D eigenvalue weighted by Gasteiger charge is 2.28. The third-order valence-corrected chi connectivity index (χ3v) is 6.22. The van der Waals surface area contributed by atoms with E-state index >= 15 is 0 Å². The summed E-state index contributed by atoms with van der Waals surface area (Å²) >= 11 is 0. The maximum absolute atomic E-state index is 13.0. The third-order valence-electron chi connectivity index (χ3n) is 6.22. The number of carbonyl (C=O) groups excluding carboxylic acids is 1. The number of fused-ring (bicyclic) bond motifs is 4. The summed E-state index contributed by atoms with van der Waals surface area (Å²) in [6, 6.07) is 5.85. The lowest BCUT2D eigenvalue weighted by Crippen LogP contribution is -2.44. The molecule has 1 aromatic carbocycles. The first-order valence-corrected chi connectivity index (χ1v) is 10.5. The number of hydrogen-bond donors (Lipinski definition) is 0. The Bertz CT molecular complexity index is 1220. The van der Waals surface area contributed by atoms with Gasteiger partial charge < -0.3 is 14.1 Å². The molecule has 5 rings (SSSR count). The lowest BCUT2D eigenvalue weighted by molar-refractivity contribution is -0.139. The average Bonchev–Trinajstić information content (AvgIpc) is 3.35. The van der Waals surface area contributed by atoms with E-state index in [9.17, 15) is 9.59 Å². The topological polar surface area (TPSA) is 77.6 Å². The molecular weight excluding hydrogens is 382 g/mol. The zero-order chi connectivity index (χ0) is 21.0. The van der Waals surface area contributed by atoms with Crippen LogP contribution in [0.25, 0.3) is 11.0 Å². The van der Waals surface area contributed by atoms with Crippen molar-refractivity contribution in [1.29, 1.82) is 0 Å². The van der Waals surface area contributed by atoms with Crippen molar-refractivity contribution in [2.24, 2.45) is 0 Å². The Hall–Kier alpha value is -3.09. The van der Waals surface area contributed by atoms with Crippen molar-refractivity contribution < 1.29 is 13.9 Å². The van der Waals surface area contributed by atoms with Gasteiger partial charge in [-0.1, -0.05) is 0 Å². The molecule has 1 unspecified atom stereocenters. The van der Waals surface area contributed by atoms with Crippen molar-refractivity contribution in [3.63, 3.8) is 0 Å². The van der Waals surface area contributed by atoms with E-state index in [1.165, 1.54) is 0 Å². The van der Waals surface area contributed by atoms with Crippen LogP contribution >= 0.6 is 0 Å². The quantitative estimate of drug-likeness (QED) is 0.624. The first-order chi connectivity index (χ1) is 14.4. The van der Waals surface area contributed by atoms with Gasteiger partial charge in [0.1, 0.15) is 11.3 Å². The smallest absolute Gasteiger partial charge is 0.339 e. The molecule has 7 nitrogen and oxygen atoms in total. The lowest BCUT2D eigenvalue weighted by atomic mass is 10.0. The number of benzene rings is 1. The Morgan fingerprint density at radius 3 is 2.83 bits per heavy atom. The first-order valence-electron chi connectivity index (χ1n) is 10.5. The molecule has 156 valence electrons. The van der Waals surface area contributed by atoms with Gasteiger partial charge in [-0.3, -0.25) is 9.48 Å². The van der Waals surface area contributed by atoms with E-state index in [0.717, 1.165) is 52.7 Å². The number of amides is 1. The van der Waals surface area contributed by atoms with Crippen LogP contribution in [0.5, 0.6) is 5.75 Å². The number of nitrogens with zero attached hydrogens (tertiary/aromatic N) is 3. The first kappa shape index (κ1) is 18.9. The minimum atomic E-state index is -0.641. The van der Waals surface area contributed by atoms with Crippen LogP contribution < -0.4 is 10.4 Å². The van der Waals surface area contributed by atoms with Gasteiger partial charge in [-0.05, 0) is 63.8 Å². The molecule has 0 saturated heterocycles. The largest absolute Gasteiger partial charge is 0.480 e. The van der Waals surface area contributed by atoms with Gasteiger partial charge in [0, 0.05) is 23.1 Å². The van der Waals surface area contributed by atoms with Gasteiger partial charge >= 0.3 is 5.63 Å². The van der Waals surface area contributed by atoms with Gasteiger partial charge in [0.15, 0.2) is 6.10 Å². The fourth-order valence-electron chi connectivity index (χ4n) is 4.69. The molecule has 1 aliphatic heterocycles. The van der Waals surface area contributed by atoms with Gasteiger partial charge in [0.2, 0.25) is 0 Å². The maximum Gasteiger partial charge on any atom is 0.339 e. The summed E-state index contributed by atoms with van der Waals surface area (Å²) < 4.78 is 13.6. The fourth-order valence-corrected chi connectivity index (χ4v) is 4.69. The summed E-state index contributed by atoms with van der Waals surface area (Å²) in [6.07, 6.45) is 2.02. The number of rotatable bonds is 3. The van der Waals surface area contributed by atoms with Gasteiger partial charge in [0.25, 0.3) is 5.91 Å². The maximum atomic E-state index is 13.0. The monoisotopic (exact) mass is 407 g/mol. The van der Waals surface area contributed by atoms with E-state index in [1.807, 2.05) is 41.6 Å². The molecule has 1 atom stereocenters. The van der Waals surface area contributed by atoms with E-state index in [4.69, 9.17) is 9.15 Å². The average molecular weight is 407 g/mol. The van der Waals surface area contributed by atoms with E-state index < -0.39 is 6.10 Å². The molecule has 0 fully saturated rings. The normalized spacial score (nSPS) is 16.4. The highest BCUT2D eigenvalue weighted by molar-refractivity contribution is 5.86. The summed E-state index contributed by atoms with van der Waals surface area (Å²) in [5.41, 5.74) is 4.97. The van der Waals surface area contributed by atoms with E-state index in [1.54, 1.807) is 6.92 Å². The second-order valence-corrected chi connectivity index (χ2v) is 8.29. The van der Waals surface area contributed by atoms with Crippen LogP contribution in [0.1, 0.15) is 41.4 Å². The Kier molecular flexibility index (Phi) is 4.41. The summed E-state index contributed by atoms with van der Waals surface area (Å²) in [7, 11) is 0. The number of hydrogen-bond acceptors (Lipinski definition) is 5. The SMILES string of the molecule is Cc1cc2n(n1)CCN(C(=O)C(C)Oc1ccc3c4c(c(=O)oc3c1C)CCC4)C2. The number of aryl methyl sites for hydroxylation is 3. The predicted molar refractivity (Wildman–Crippen MR) is 112 cm³/mol. The molecule has 0 N–H and O–H groups in total. The van der Waals surface area contributed by atoms with Crippen LogP contribution in [0.15, 0.2) is 27.4 Å². The molecule has 2 aliphatic rings. The second kappa shape index (κ2) is 7.00. The Morgan fingerprint density at radius 2 is 2.00 bits per heavy atom. The lowest BCUT2D eigenvalue weighted by Gasteiger charge is -2.30. The molecular formula is C23H25N3O4. The molecule has 0 saturated carbocycles. The standard InChI is InChI=1S/C23H25N3O4/c1-13-11-16-12-25(9-10-26(16)24-13)22(27)15(3)29-20-8-7-18-17-5-4-6-19(17)23(28)30-21(18)14(20)2/h7-8,11,15H,4-6,9-10,12H2,1-3H3. The van der Waals surface area contributed by atoms with Crippen molar-refractivity contribution in [1.82, 2.24) is 14.7 Å². The van der Waals surface area contributed by atoms with E-state index in [2.05, 4.69) is 5.10 Å². The van der Waals surface area contributed by atoms with Crippen LogP contribution in [0, 0.1) is 13.8 Å². The predicted octanol–water partition coefficient (Wildman–Crippen LogP) is 2.90. The Labute approximate surface area is 174 Å². The van der Waals surface area contributed by atoms with Crippen molar-refractivity contribution in [2.45, 2.75) is 59.2 Å². The molecule has 7 heteroatoms. The Morgan fingerprint density at radius 1 is 1.20 bits per heavy atom. The minimum absolute atomic E-state index is 0.0602. The van der Waals surface area contributed by atoms with E-state index in [-0.39, 0.29) is 11.5 Å². The van der Waals surface area contributed by atoms with Gasteiger partial charge in [-0.25, -0.2) is 4.79 Å². The summed E-state index contributed by atoms with van der Waals surface area (Å²) in [5.74, 6) is 0.511. The Balaban J connectivity index is 1.39. The van der Waals surface area contributed by atoms with Crippen molar-refractivity contribution in [2.75, 3.05) is 6.54 Å². The third kappa shape index (κ3) is 3.00. The van der Waals surface area contributed by atoms with Crippen LogP contribution in [-0.2, 0) is 30.7 Å². The minimum Gasteiger partial charge on any atom is -0.480 e. The molecule has 3 aromatic rings. The van der Waals surface area contributed by atoms with Gasteiger partial charge in [-0.15, -0.1) is 0 Å². The molecule has 2 aromatic heterocycles. The van der Waals surface area contributed by atoms with E-state index in [0.29, 0.717) is 31.0 Å². The summed E-state index contributed by atoms with van der Waals surface area (Å²) in [4.78, 5) is 27.2. The molecule has 0 bridgehead atoms. The molecule has 1 aliphatic carbocycles.